The molecule has 0 saturated carbocycles. The molecule has 0 aliphatic carbocycles. The molecule has 0 radical (unpaired) electrons. The van der Waals surface area contributed by atoms with Gasteiger partial charge in [0.1, 0.15) is 0 Å². The molecule has 0 spiro atoms. The van der Waals surface area contributed by atoms with Crippen LogP contribution in [0, 0.1) is 11.8 Å². The van der Waals surface area contributed by atoms with Gasteiger partial charge in [-0.05, 0) is 42.4 Å². The number of likely N-dealkylation sites (tertiary alicyclic amines) is 1. The summed E-state index contributed by atoms with van der Waals surface area (Å²) in [5.74, 6) is 1.38. The van der Waals surface area contributed by atoms with Gasteiger partial charge in [-0.1, -0.05) is 43.5 Å². The summed E-state index contributed by atoms with van der Waals surface area (Å²) in [6.07, 6.45) is 6.29. The van der Waals surface area contributed by atoms with E-state index in [0.717, 1.165) is 32.5 Å². The Morgan fingerprint density at radius 3 is 2.05 bits per heavy atom. The van der Waals surface area contributed by atoms with Crippen molar-refractivity contribution in [3.05, 3.63) is 72.7 Å². The van der Waals surface area contributed by atoms with E-state index in [1.807, 2.05) is 0 Å². The Kier molecular flexibility index (Phi) is 5.65. The maximum atomic E-state index is 3.67. The SMILES string of the molecule is C=C=CC[C@H]1CN(Cc2ccccc2)C[C@@H]1CC=C=C. The molecular weight excluding hydrogens is 242 g/mol. The summed E-state index contributed by atoms with van der Waals surface area (Å²) in [6.45, 7) is 10.7. The number of allylic oxidation sites excluding steroid dienone is 2. The second-order valence-electron chi connectivity index (χ2n) is 5.49. The van der Waals surface area contributed by atoms with Crippen molar-refractivity contribution in [2.75, 3.05) is 13.1 Å². The fraction of sp³-hybridized carbons (Fsp3) is 0.368. The first kappa shape index (κ1) is 14.6. The third-order valence-corrected chi connectivity index (χ3v) is 4.03. The number of nitrogens with zero attached hydrogens (tertiary/aromatic N) is 1. The lowest BCUT2D eigenvalue weighted by atomic mass is 9.90. The van der Waals surface area contributed by atoms with Gasteiger partial charge in [-0.3, -0.25) is 4.90 Å². The Labute approximate surface area is 122 Å². The third kappa shape index (κ3) is 4.11. The van der Waals surface area contributed by atoms with Crippen LogP contribution in [0.25, 0.3) is 0 Å². The molecule has 0 bridgehead atoms. The Hall–Kier alpha value is -1.78. The molecule has 104 valence electrons. The maximum absolute atomic E-state index is 3.67. The molecule has 0 N–H and O–H groups in total. The van der Waals surface area contributed by atoms with Crippen molar-refractivity contribution in [2.45, 2.75) is 19.4 Å². The maximum Gasteiger partial charge on any atom is 0.0233 e. The fourth-order valence-corrected chi connectivity index (χ4v) is 3.01. The van der Waals surface area contributed by atoms with Crippen LogP contribution >= 0.6 is 0 Å². The highest BCUT2D eigenvalue weighted by molar-refractivity contribution is 5.14. The normalized spacial score (nSPS) is 22.0. The minimum atomic E-state index is 0.692. The second-order valence-corrected chi connectivity index (χ2v) is 5.49. The predicted octanol–water partition coefficient (Wildman–Crippen LogP) is 4.20. The van der Waals surface area contributed by atoms with E-state index in [1.165, 1.54) is 5.56 Å². The fourth-order valence-electron chi connectivity index (χ4n) is 3.01. The topological polar surface area (TPSA) is 3.24 Å². The first-order chi connectivity index (χ1) is 9.83. The van der Waals surface area contributed by atoms with E-state index in [4.69, 9.17) is 0 Å². The van der Waals surface area contributed by atoms with Crippen LogP contribution in [0.15, 0.2) is 67.1 Å². The molecular formula is C19H23N. The summed E-state index contributed by atoms with van der Waals surface area (Å²) in [5, 5.41) is 0. The van der Waals surface area contributed by atoms with E-state index in [-0.39, 0.29) is 0 Å². The molecule has 1 fully saturated rings. The lowest BCUT2D eigenvalue weighted by Crippen LogP contribution is -2.20. The molecule has 1 heterocycles. The molecule has 1 nitrogen and oxygen atoms in total. The van der Waals surface area contributed by atoms with Crippen LogP contribution < -0.4 is 0 Å². The Bertz CT molecular complexity index is 476. The predicted molar refractivity (Wildman–Crippen MR) is 85.4 cm³/mol. The zero-order valence-corrected chi connectivity index (χ0v) is 12.1. The van der Waals surface area contributed by atoms with Gasteiger partial charge in [0.15, 0.2) is 0 Å². The largest absolute Gasteiger partial charge is 0.298 e. The molecule has 0 amide bonds. The molecule has 2 atom stereocenters. The zero-order chi connectivity index (χ0) is 14.2. The van der Waals surface area contributed by atoms with Gasteiger partial charge in [0.25, 0.3) is 0 Å². The molecule has 1 aliphatic rings. The van der Waals surface area contributed by atoms with Gasteiger partial charge in [-0.25, -0.2) is 0 Å². The van der Waals surface area contributed by atoms with Crippen LogP contribution in [0.3, 0.4) is 0 Å². The molecule has 1 aromatic rings. The van der Waals surface area contributed by atoms with Gasteiger partial charge in [0.05, 0.1) is 0 Å². The van der Waals surface area contributed by atoms with Gasteiger partial charge in [-0.2, -0.15) is 0 Å². The van der Waals surface area contributed by atoms with Gasteiger partial charge in [-0.15, -0.1) is 11.5 Å². The first-order valence-corrected chi connectivity index (χ1v) is 7.28. The smallest absolute Gasteiger partial charge is 0.0233 e. The van der Waals surface area contributed by atoms with Gasteiger partial charge >= 0.3 is 0 Å². The summed E-state index contributed by atoms with van der Waals surface area (Å²) in [4.78, 5) is 2.55. The molecule has 2 rings (SSSR count). The minimum absolute atomic E-state index is 0.692. The van der Waals surface area contributed by atoms with E-state index >= 15 is 0 Å². The quantitative estimate of drug-likeness (QED) is 0.697. The highest BCUT2D eigenvalue weighted by Gasteiger charge is 2.30. The van der Waals surface area contributed by atoms with Crippen LogP contribution in [0.1, 0.15) is 18.4 Å². The van der Waals surface area contributed by atoms with E-state index in [2.05, 4.69) is 72.0 Å². The van der Waals surface area contributed by atoms with E-state index in [9.17, 15) is 0 Å². The van der Waals surface area contributed by atoms with Crippen molar-refractivity contribution in [1.82, 2.24) is 4.90 Å². The third-order valence-electron chi connectivity index (χ3n) is 4.03. The standard InChI is InChI=1S/C19H23N/c1-3-5-12-18-15-20(16-19(18)13-6-4-2)14-17-10-8-7-9-11-17/h5-11,18-19H,1-2,12-16H2/t18-,19-/m0/s1. The minimum Gasteiger partial charge on any atom is -0.298 e. The molecule has 20 heavy (non-hydrogen) atoms. The van der Waals surface area contributed by atoms with Gasteiger partial charge in [0, 0.05) is 19.6 Å². The number of hydrogen-bond donors (Lipinski definition) is 0. The summed E-state index contributed by atoms with van der Waals surface area (Å²) in [6, 6.07) is 10.7. The zero-order valence-electron chi connectivity index (χ0n) is 12.1. The summed E-state index contributed by atoms with van der Waals surface area (Å²) in [7, 11) is 0. The summed E-state index contributed by atoms with van der Waals surface area (Å²) in [5.41, 5.74) is 7.20. The summed E-state index contributed by atoms with van der Waals surface area (Å²) < 4.78 is 0. The lowest BCUT2D eigenvalue weighted by molar-refractivity contribution is 0.313. The lowest BCUT2D eigenvalue weighted by Gasteiger charge is -2.15. The average molecular weight is 265 g/mol. The Morgan fingerprint density at radius 1 is 1.00 bits per heavy atom. The Balaban J connectivity index is 1.98. The van der Waals surface area contributed by atoms with E-state index < -0.39 is 0 Å². The Morgan fingerprint density at radius 2 is 1.55 bits per heavy atom. The second kappa shape index (κ2) is 7.72. The van der Waals surface area contributed by atoms with Crippen molar-refractivity contribution in [1.29, 1.82) is 0 Å². The van der Waals surface area contributed by atoms with E-state index in [1.54, 1.807) is 0 Å². The molecule has 1 aliphatic heterocycles. The highest BCUT2D eigenvalue weighted by Crippen LogP contribution is 2.30. The summed E-state index contributed by atoms with van der Waals surface area (Å²) >= 11 is 0. The van der Waals surface area contributed by atoms with Crippen LogP contribution in [-0.2, 0) is 6.54 Å². The molecule has 1 saturated heterocycles. The van der Waals surface area contributed by atoms with Crippen molar-refractivity contribution in [2.24, 2.45) is 11.8 Å². The van der Waals surface area contributed by atoms with Crippen LogP contribution in [0.5, 0.6) is 0 Å². The molecule has 1 aromatic carbocycles. The number of benzene rings is 1. The highest BCUT2D eigenvalue weighted by atomic mass is 15.1. The molecule has 1 heteroatoms. The number of hydrogen-bond acceptors (Lipinski definition) is 1. The van der Waals surface area contributed by atoms with Crippen LogP contribution in [-0.4, -0.2) is 18.0 Å². The molecule has 0 aromatic heterocycles. The van der Waals surface area contributed by atoms with E-state index in [0.29, 0.717) is 11.8 Å². The van der Waals surface area contributed by atoms with Crippen molar-refractivity contribution >= 4 is 0 Å². The monoisotopic (exact) mass is 265 g/mol. The first-order valence-electron chi connectivity index (χ1n) is 7.28. The van der Waals surface area contributed by atoms with Crippen LogP contribution in [0.2, 0.25) is 0 Å². The van der Waals surface area contributed by atoms with Crippen molar-refractivity contribution in [3.8, 4) is 0 Å². The van der Waals surface area contributed by atoms with Gasteiger partial charge in [0.2, 0.25) is 0 Å². The molecule has 0 unspecified atom stereocenters. The van der Waals surface area contributed by atoms with Gasteiger partial charge < -0.3 is 0 Å². The average Bonchev–Trinajstić information content (AvgIpc) is 2.85. The number of rotatable bonds is 6. The van der Waals surface area contributed by atoms with Crippen LogP contribution in [0.4, 0.5) is 0 Å². The van der Waals surface area contributed by atoms with Crippen molar-refractivity contribution < 1.29 is 0 Å². The van der Waals surface area contributed by atoms with Crippen molar-refractivity contribution in [3.63, 3.8) is 0 Å².